The summed E-state index contributed by atoms with van der Waals surface area (Å²) < 4.78 is 5.71. The first-order valence-electron chi connectivity index (χ1n) is 9.39. The van der Waals surface area contributed by atoms with Crippen molar-refractivity contribution in [2.45, 2.75) is 59.0 Å². The highest BCUT2D eigenvalue weighted by atomic mass is 32.1. The van der Waals surface area contributed by atoms with E-state index in [0.29, 0.717) is 10.6 Å². The number of carbonyl (C=O) groups excluding carboxylic acids is 2. The molecule has 1 aromatic heterocycles. The third kappa shape index (κ3) is 4.38. The molecule has 1 fully saturated rings. The highest BCUT2D eigenvalue weighted by molar-refractivity contribution is 7.17. The summed E-state index contributed by atoms with van der Waals surface area (Å²) in [7, 11) is 0. The Labute approximate surface area is 164 Å². The number of aryl methyl sites for hydroxylation is 1. The van der Waals surface area contributed by atoms with Gasteiger partial charge in [-0.25, -0.2) is 4.98 Å². The summed E-state index contributed by atoms with van der Waals surface area (Å²) >= 11 is 1.40. The topological polar surface area (TPSA) is 59.5 Å². The Morgan fingerprint density at radius 2 is 1.81 bits per heavy atom. The van der Waals surface area contributed by atoms with Crippen LogP contribution in [0.15, 0.2) is 24.3 Å². The first-order valence-corrected chi connectivity index (χ1v) is 10.2. The molecule has 6 heteroatoms. The zero-order valence-electron chi connectivity index (χ0n) is 16.3. The molecule has 1 amide bonds. The van der Waals surface area contributed by atoms with Gasteiger partial charge in [0.2, 0.25) is 0 Å². The number of hydrogen-bond donors (Lipinski definition) is 0. The molecule has 2 heterocycles. The minimum atomic E-state index is 0.0379. The molecule has 0 saturated carbocycles. The number of likely N-dealkylation sites (tertiary alicyclic amines) is 1. The van der Waals surface area contributed by atoms with E-state index in [9.17, 15) is 9.59 Å². The number of aromatic nitrogens is 1. The average molecular weight is 387 g/mol. The lowest BCUT2D eigenvalue weighted by molar-refractivity contribution is -0.139. The van der Waals surface area contributed by atoms with Gasteiger partial charge >= 0.3 is 0 Å². The van der Waals surface area contributed by atoms with Crippen LogP contribution in [-0.4, -0.2) is 40.3 Å². The third-order valence-electron chi connectivity index (χ3n) is 5.06. The number of rotatable bonds is 5. The number of ketones is 1. The van der Waals surface area contributed by atoms with Gasteiger partial charge < -0.3 is 9.64 Å². The quantitative estimate of drug-likeness (QED) is 0.711. The van der Waals surface area contributed by atoms with Crippen LogP contribution in [0, 0.1) is 6.92 Å². The number of Topliss-reactive ketones (excluding diaryl/α,β-unsaturated/α-hetero) is 1. The molecule has 0 unspecified atom stereocenters. The van der Waals surface area contributed by atoms with Crippen LogP contribution in [0.25, 0.3) is 10.6 Å². The van der Waals surface area contributed by atoms with Crippen molar-refractivity contribution in [3.05, 3.63) is 34.8 Å². The Hall–Kier alpha value is -2.21. The monoisotopic (exact) mass is 386 g/mol. The molecule has 144 valence electrons. The molecule has 27 heavy (non-hydrogen) atoms. The van der Waals surface area contributed by atoms with E-state index in [1.807, 2.05) is 36.1 Å². The first-order chi connectivity index (χ1) is 12.9. The number of carbonyl (C=O) groups is 2. The molecule has 5 nitrogen and oxygen atoms in total. The Morgan fingerprint density at radius 3 is 2.37 bits per heavy atom. The summed E-state index contributed by atoms with van der Waals surface area (Å²) in [6.07, 6.45) is 3.29. The number of piperidine rings is 1. The van der Waals surface area contributed by atoms with Gasteiger partial charge in [-0.1, -0.05) is 0 Å². The van der Waals surface area contributed by atoms with Gasteiger partial charge in [0.25, 0.3) is 5.91 Å². The SMILES string of the molecule is CC(=O)c1sc(-c2ccc(OCC(=O)N3[C@@H](C)CCC[C@@H]3C)cc2)nc1C. The molecule has 1 aliphatic rings. The van der Waals surface area contributed by atoms with E-state index in [-0.39, 0.29) is 30.4 Å². The van der Waals surface area contributed by atoms with Crippen LogP contribution in [0.5, 0.6) is 5.75 Å². The van der Waals surface area contributed by atoms with Crippen molar-refractivity contribution in [2.75, 3.05) is 6.61 Å². The number of nitrogens with zero attached hydrogens (tertiary/aromatic N) is 2. The van der Waals surface area contributed by atoms with Crippen LogP contribution in [0.4, 0.5) is 0 Å². The van der Waals surface area contributed by atoms with Gasteiger partial charge in [-0.2, -0.15) is 0 Å². The lowest BCUT2D eigenvalue weighted by Gasteiger charge is -2.38. The third-order valence-corrected chi connectivity index (χ3v) is 6.37. The molecule has 2 aromatic rings. The van der Waals surface area contributed by atoms with Gasteiger partial charge in [0, 0.05) is 24.6 Å². The molecule has 0 bridgehead atoms. The normalized spacial score (nSPS) is 19.8. The second-order valence-corrected chi connectivity index (χ2v) is 8.23. The van der Waals surface area contributed by atoms with E-state index in [0.717, 1.165) is 29.1 Å². The van der Waals surface area contributed by atoms with Crippen LogP contribution in [-0.2, 0) is 4.79 Å². The Morgan fingerprint density at radius 1 is 1.19 bits per heavy atom. The van der Waals surface area contributed by atoms with Gasteiger partial charge in [-0.05, 0) is 64.3 Å². The zero-order valence-corrected chi connectivity index (χ0v) is 17.1. The lowest BCUT2D eigenvalue weighted by atomic mass is 9.97. The van der Waals surface area contributed by atoms with Crippen LogP contribution in [0.3, 0.4) is 0 Å². The maximum atomic E-state index is 12.5. The fourth-order valence-electron chi connectivity index (χ4n) is 3.67. The summed E-state index contributed by atoms with van der Waals surface area (Å²) in [6.45, 7) is 7.67. The maximum absolute atomic E-state index is 12.5. The molecule has 1 aromatic carbocycles. The molecular weight excluding hydrogens is 360 g/mol. The van der Waals surface area contributed by atoms with Gasteiger partial charge in [0.05, 0.1) is 10.6 Å². The van der Waals surface area contributed by atoms with Gasteiger partial charge in [0.15, 0.2) is 12.4 Å². The molecular formula is C21H26N2O3S. The van der Waals surface area contributed by atoms with E-state index in [1.165, 1.54) is 17.8 Å². The summed E-state index contributed by atoms with van der Waals surface area (Å²) in [5.41, 5.74) is 1.70. The first kappa shape index (κ1) is 19.5. The fraction of sp³-hybridized carbons (Fsp3) is 0.476. The second-order valence-electron chi connectivity index (χ2n) is 7.23. The molecule has 1 aliphatic heterocycles. The van der Waals surface area contributed by atoms with Gasteiger partial charge in [0.1, 0.15) is 10.8 Å². The van der Waals surface area contributed by atoms with Crippen LogP contribution in [0.2, 0.25) is 0 Å². The molecule has 2 atom stereocenters. The van der Waals surface area contributed by atoms with E-state index >= 15 is 0 Å². The van der Waals surface area contributed by atoms with E-state index in [4.69, 9.17) is 4.74 Å². The van der Waals surface area contributed by atoms with Crippen molar-refractivity contribution < 1.29 is 14.3 Å². The van der Waals surface area contributed by atoms with Crippen molar-refractivity contribution in [1.82, 2.24) is 9.88 Å². The molecule has 0 N–H and O–H groups in total. The molecule has 0 radical (unpaired) electrons. The van der Waals surface area contributed by atoms with Crippen LogP contribution < -0.4 is 4.74 Å². The Bertz CT molecular complexity index is 818. The molecule has 3 rings (SSSR count). The van der Waals surface area contributed by atoms with Gasteiger partial charge in [-0.15, -0.1) is 11.3 Å². The number of benzene rings is 1. The minimum absolute atomic E-state index is 0.0379. The summed E-state index contributed by atoms with van der Waals surface area (Å²) in [5, 5.41) is 0.816. The highest BCUT2D eigenvalue weighted by Gasteiger charge is 2.28. The van der Waals surface area contributed by atoms with Gasteiger partial charge in [-0.3, -0.25) is 9.59 Å². The summed E-state index contributed by atoms with van der Waals surface area (Å²) in [6, 6.07) is 8.06. The van der Waals surface area contributed by atoms with Crippen molar-refractivity contribution in [3.63, 3.8) is 0 Å². The lowest BCUT2D eigenvalue weighted by Crippen LogP contribution is -2.49. The molecule has 1 saturated heterocycles. The van der Waals surface area contributed by atoms with E-state index in [1.54, 1.807) is 6.92 Å². The molecule has 0 spiro atoms. The van der Waals surface area contributed by atoms with Crippen LogP contribution in [0.1, 0.15) is 55.4 Å². The summed E-state index contributed by atoms with van der Waals surface area (Å²) in [4.78, 5) is 31.3. The number of hydrogen-bond acceptors (Lipinski definition) is 5. The Balaban J connectivity index is 1.63. The zero-order chi connectivity index (χ0) is 19.6. The van der Waals surface area contributed by atoms with E-state index < -0.39 is 0 Å². The number of thiazole rings is 1. The maximum Gasteiger partial charge on any atom is 0.260 e. The largest absolute Gasteiger partial charge is 0.484 e. The highest BCUT2D eigenvalue weighted by Crippen LogP contribution is 2.29. The van der Waals surface area contributed by atoms with Crippen molar-refractivity contribution in [1.29, 1.82) is 0 Å². The second kappa shape index (κ2) is 8.21. The molecule has 0 aliphatic carbocycles. The van der Waals surface area contributed by atoms with E-state index in [2.05, 4.69) is 18.8 Å². The fourth-order valence-corrected chi connectivity index (χ4v) is 4.64. The minimum Gasteiger partial charge on any atom is -0.484 e. The van der Waals surface area contributed by atoms with Crippen LogP contribution >= 0.6 is 11.3 Å². The smallest absolute Gasteiger partial charge is 0.260 e. The standard InChI is InChI=1S/C21H26N2O3S/c1-13-6-5-7-14(2)23(13)19(25)12-26-18-10-8-17(9-11-18)21-22-15(3)20(27-21)16(4)24/h8-11,13-14H,5-7,12H2,1-4H3/t13-,14-/m0/s1. The predicted octanol–water partition coefficient (Wildman–Crippen LogP) is 4.49. The predicted molar refractivity (Wildman–Crippen MR) is 107 cm³/mol. The summed E-state index contributed by atoms with van der Waals surface area (Å²) in [5.74, 6) is 0.737. The number of ether oxygens (including phenoxy) is 1. The van der Waals surface area contributed by atoms with Crippen molar-refractivity contribution >= 4 is 23.0 Å². The van der Waals surface area contributed by atoms with Crippen molar-refractivity contribution in [3.8, 4) is 16.3 Å². The van der Waals surface area contributed by atoms with Crippen molar-refractivity contribution in [2.24, 2.45) is 0 Å². The number of amides is 1. The average Bonchev–Trinajstić information content (AvgIpc) is 3.02. The Kier molecular flexibility index (Phi) is 5.95.